The van der Waals surface area contributed by atoms with Crippen LogP contribution in [0.5, 0.6) is 40.2 Å². The lowest BCUT2D eigenvalue weighted by Crippen LogP contribution is -2.05. The topological polar surface area (TPSA) is 161 Å². The zero-order chi connectivity index (χ0) is 28.3. The summed E-state index contributed by atoms with van der Waals surface area (Å²) in [6.45, 7) is 4.00. The molecule has 6 rings (SSSR count). The molecule has 0 bridgehead atoms. The van der Waals surface area contributed by atoms with Crippen LogP contribution < -0.4 is 10.2 Å². The first-order chi connectivity index (χ1) is 19.1. The van der Waals surface area contributed by atoms with Gasteiger partial charge in [-0.2, -0.15) is 0 Å². The minimum Gasteiger partial charge on any atom is -0.508 e. The van der Waals surface area contributed by atoms with Crippen LogP contribution in [0.4, 0.5) is 0 Å². The zero-order valence-corrected chi connectivity index (χ0v) is 20.5. The van der Waals surface area contributed by atoms with E-state index in [4.69, 9.17) is 9.15 Å². The van der Waals surface area contributed by atoms with Gasteiger partial charge in [0, 0.05) is 29.3 Å². The van der Waals surface area contributed by atoms with Crippen molar-refractivity contribution in [2.45, 2.75) is 0 Å². The maximum Gasteiger partial charge on any atom is 0.197 e. The molecule has 0 fully saturated rings. The summed E-state index contributed by atoms with van der Waals surface area (Å²) in [7, 11) is 0. The second-order valence-corrected chi connectivity index (χ2v) is 9.19. The number of phenolic OH excluding ortho intramolecular Hbond substituents is 6. The highest BCUT2D eigenvalue weighted by atomic mass is 16.5. The lowest BCUT2D eigenvalue weighted by molar-refractivity contribution is 0.433. The molecule has 0 aliphatic carbocycles. The average Bonchev–Trinajstić information content (AvgIpc) is 2.90. The predicted octanol–water partition coefficient (Wildman–Crippen LogP) is 5.81. The number of rotatable bonds is 3. The normalized spacial score (nSPS) is 12.6. The van der Waals surface area contributed by atoms with Crippen LogP contribution in [-0.4, -0.2) is 30.6 Å². The van der Waals surface area contributed by atoms with E-state index in [0.29, 0.717) is 22.5 Å². The van der Waals surface area contributed by atoms with E-state index in [1.165, 1.54) is 42.5 Å². The molecule has 0 spiro atoms. The molecule has 4 aromatic carbocycles. The number of phenols is 6. The van der Waals surface area contributed by atoms with E-state index in [-0.39, 0.29) is 50.7 Å². The average molecular weight is 536 g/mol. The first-order valence-electron chi connectivity index (χ1n) is 11.9. The molecule has 9 heteroatoms. The largest absolute Gasteiger partial charge is 0.508 e. The summed E-state index contributed by atoms with van der Waals surface area (Å²) in [6.07, 6.45) is 1.56. The predicted molar refractivity (Wildman–Crippen MR) is 147 cm³/mol. The molecule has 0 unspecified atom stereocenters. The molecule has 1 aliphatic heterocycles. The van der Waals surface area contributed by atoms with Crippen molar-refractivity contribution in [1.29, 1.82) is 0 Å². The highest BCUT2D eigenvalue weighted by Crippen LogP contribution is 2.54. The van der Waals surface area contributed by atoms with Gasteiger partial charge >= 0.3 is 0 Å². The minimum absolute atomic E-state index is 0.00293. The van der Waals surface area contributed by atoms with Crippen LogP contribution in [0.2, 0.25) is 0 Å². The summed E-state index contributed by atoms with van der Waals surface area (Å²) < 4.78 is 11.9. The summed E-state index contributed by atoms with van der Waals surface area (Å²) in [6, 6.07) is 15.3. The third-order valence-electron chi connectivity index (χ3n) is 6.60. The maximum absolute atomic E-state index is 13.1. The van der Waals surface area contributed by atoms with Gasteiger partial charge in [0.2, 0.25) is 0 Å². The number of ether oxygens (including phenoxy) is 1. The van der Waals surface area contributed by atoms with E-state index in [1.807, 2.05) is 0 Å². The fourth-order valence-corrected chi connectivity index (χ4v) is 4.73. The van der Waals surface area contributed by atoms with Crippen molar-refractivity contribution in [3.8, 4) is 62.7 Å². The van der Waals surface area contributed by atoms with E-state index in [2.05, 4.69) is 6.58 Å². The first kappa shape index (κ1) is 24.5. The second-order valence-electron chi connectivity index (χ2n) is 9.19. The SMILES string of the molecule is C=C1C=C(c2ccc(O)cc2)Oc2cc(O)c(-c3c(O)cc(O)c4c(=O)cc(-c5ccc(O)cc5)oc34)c(O)c21. The van der Waals surface area contributed by atoms with Gasteiger partial charge in [-0.25, -0.2) is 0 Å². The van der Waals surface area contributed by atoms with Crippen molar-refractivity contribution < 1.29 is 39.8 Å². The van der Waals surface area contributed by atoms with Crippen molar-refractivity contribution in [2.24, 2.45) is 0 Å². The van der Waals surface area contributed by atoms with Crippen LogP contribution in [-0.2, 0) is 0 Å². The smallest absolute Gasteiger partial charge is 0.197 e. The first-order valence-corrected chi connectivity index (χ1v) is 11.9. The minimum atomic E-state index is -0.644. The van der Waals surface area contributed by atoms with Gasteiger partial charge in [0.25, 0.3) is 0 Å². The van der Waals surface area contributed by atoms with Gasteiger partial charge in [0.05, 0.1) is 16.7 Å². The Bertz CT molecular complexity index is 1950. The van der Waals surface area contributed by atoms with E-state index >= 15 is 0 Å². The Hall–Kier alpha value is -5.83. The fraction of sp³-hybridized carbons (Fsp3) is 0. The Morgan fingerprint density at radius 1 is 0.650 bits per heavy atom. The highest BCUT2D eigenvalue weighted by molar-refractivity contribution is 6.04. The molecule has 0 saturated carbocycles. The Kier molecular flexibility index (Phi) is 5.44. The summed E-state index contributed by atoms with van der Waals surface area (Å²) in [5.74, 6) is -1.63. The van der Waals surface area contributed by atoms with Crippen molar-refractivity contribution in [3.05, 3.63) is 101 Å². The monoisotopic (exact) mass is 536 g/mol. The zero-order valence-electron chi connectivity index (χ0n) is 20.5. The number of fused-ring (bicyclic) bond motifs is 2. The van der Waals surface area contributed by atoms with Gasteiger partial charge in [-0.05, 0) is 60.2 Å². The number of hydrogen-bond acceptors (Lipinski definition) is 9. The summed E-state index contributed by atoms with van der Waals surface area (Å²) in [5.41, 5.74) is -0.000158. The molecule has 40 heavy (non-hydrogen) atoms. The molecule has 0 radical (unpaired) electrons. The van der Waals surface area contributed by atoms with Crippen LogP contribution in [0.25, 0.3) is 44.8 Å². The van der Waals surface area contributed by atoms with Crippen molar-refractivity contribution >= 4 is 22.3 Å². The molecule has 0 amide bonds. The van der Waals surface area contributed by atoms with Gasteiger partial charge in [-0.3, -0.25) is 4.79 Å². The molecular formula is C31H20O9. The Morgan fingerprint density at radius 2 is 1.25 bits per heavy atom. The molecule has 0 atom stereocenters. The molecule has 0 saturated heterocycles. The number of benzene rings is 4. The molecule has 6 N–H and O–H groups in total. The van der Waals surface area contributed by atoms with Crippen molar-refractivity contribution in [1.82, 2.24) is 0 Å². The molecule has 2 heterocycles. The van der Waals surface area contributed by atoms with Gasteiger partial charge in [-0.1, -0.05) is 6.58 Å². The summed E-state index contributed by atoms with van der Waals surface area (Å²) in [4.78, 5) is 13.1. The summed E-state index contributed by atoms with van der Waals surface area (Å²) in [5, 5.41) is 62.8. The van der Waals surface area contributed by atoms with Crippen LogP contribution in [0.15, 0.2) is 88.6 Å². The standard InChI is InChI=1S/C31H20O9/c1-14-10-23(15-2-6-17(32)7-3-15)39-25-13-22(37)28(30(38)26(14)25)29-20(35)11-19(34)27-21(36)12-24(40-31(27)29)16-4-8-18(33)9-5-16/h2-13,32-35,37-38H,1H2. The summed E-state index contributed by atoms with van der Waals surface area (Å²) >= 11 is 0. The lowest BCUT2D eigenvalue weighted by Gasteiger charge is -2.23. The van der Waals surface area contributed by atoms with E-state index in [0.717, 1.165) is 12.1 Å². The Balaban J connectivity index is 1.57. The quantitative estimate of drug-likeness (QED) is 0.167. The molecule has 198 valence electrons. The molecule has 1 aliphatic rings. The third kappa shape index (κ3) is 3.84. The van der Waals surface area contributed by atoms with Gasteiger partial charge in [0.15, 0.2) is 11.0 Å². The highest BCUT2D eigenvalue weighted by Gasteiger charge is 2.30. The number of allylic oxidation sites excluding steroid dienone is 2. The molecule has 5 aromatic rings. The molecular weight excluding hydrogens is 516 g/mol. The molecule has 1 aromatic heterocycles. The maximum atomic E-state index is 13.1. The fourth-order valence-electron chi connectivity index (χ4n) is 4.73. The van der Waals surface area contributed by atoms with Crippen molar-refractivity contribution in [3.63, 3.8) is 0 Å². The van der Waals surface area contributed by atoms with E-state index < -0.39 is 28.4 Å². The van der Waals surface area contributed by atoms with Gasteiger partial charge in [0.1, 0.15) is 57.2 Å². The van der Waals surface area contributed by atoms with Crippen LogP contribution in [0.3, 0.4) is 0 Å². The Labute approximate surface area is 225 Å². The lowest BCUT2D eigenvalue weighted by atomic mass is 9.92. The second kappa shape index (κ2) is 8.88. The van der Waals surface area contributed by atoms with Gasteiger partial charge < -0.3 is 39.8 Å². The van der Waals surface area contributed by atoms with Crippen LogP contribution in [0.1, 0.15) is 11.1 Å². The van der Waals surface area contributed by atoms with Crippen LogP contribution in [0, 0.1) is 0 Å². The van der Waals surface area contributed by atoms with Crippen molar-refractivity contribution in [2.75, 3.05) is 0 Å². The van der Waals surface area contributed by atoms with Crippen LogP contribution >= 0.6 is 0 Å². The third-order valence-corrected chi connectivity index (χ3v) is 6.60. The van der Waals surface area contributed by atoms with Gasteiger partial charge in [-0.15, -0.1) is 0 Å². The number of hydrogen-bond donors (Lipinski definition) is 6. The van der Waals surface area contributed by atoms with E-state index in [1.54, 1.807) is 18.2 Å². The molecule has 9 nitrogen and oxygen atoms in total. The Morgan fingerprint density at radius 3 is 1.90 bits per heavy atom. The number of aromatic hydroxyl groups is 6. The van der Waals surface area contributed by atoms with E-state index in [9.17, 15) is 35.4 Å².